The molecule has 8 nitrogen and oxygen atoms in total. The number of anilines is 1. The van der Waals surface area contributed by atoms with Crippen molar-refractivity contribution in [1.82, 2.24) is 14.7 Å². The number of imidazole rings is 1. The Morgan fingerprint density at radius 2 is 1.82 bits per heavy atom. The number of morpholine rings is 1. The van der Waals surface area contributed by atoms with E-state index in [1.165, 1.54) is 14.2 Å². The molecule has 1 amide bonds. The lowest BCUT2D eigenvalue weighted by atomic mass is 10.1. The van der Waals surface area contributed by atoms with Crippen LogP contribution >= 0.6 is 0 Å². The summed E-state index contributed by atoms with van der Waals surface area (Å²) in [5.41, 5.74) is 2.98. The summed E-state index contributed by atoms with van der Waals surface area (Å²) < 4.78 is 55.6. The summed E-state index contributed by atoms with van der Waals surface area (Å²) in [6.45, 7) is 1.49. The van der Waals surface area contributed by atoms with Crippen molar-refractivity contribution in [3.63, 3.8) is 0 Å². The number of benzene rings is 1. The Morgan fingerprint density at radius 1 is 1.15 bits per heavy atom. The van der Waals surface area contributed by atoms with Crippen LogP contribution in [0.2, 0.25) is 0 Å². The van der Waals surface area contributed by atoms with Crippen LogP contribution in [0.5, 0.6) is 11.5 Å². The number of alkyl halides is 3. The lowest BCUT2D eigenvalue weighted by Gasteiger charge is -2.28. The Labute approximate surface area is 187 Å². The van der Waals surface area contributed by atoms with E-state index in [0.29, 0.717) is 24.5 Å². The van der Waals surface area contributed by atoms with Crippen molar-refractivity contribution < 1.29 is 32.2 Å². The van der Waals surface area contributed by atoms with Crippen LogP contribution in [0, 0.1) is 0 Å². The molecule has 0 radical (unpaired) electrons. The van der Waals surface area contributed by atoms with Crippen molar-refractivity contribution in [3.8, 4) is 22.8 Å². The molecule has 2 aromatic heterocycles. The molecular weight excluding hydrogens is 441 g/mol. The summed E-state index contributed by atoms with van der Waals surface area (Å²) in [4.78, 5) is 19.2. The third kappa shape index (κ3) is 4.82. The number of carbonyl (C=O) groups excluding carboxylic acids is 1. The number of aromatic nitrogens is 2. The molecule has 176 valence electrons. The highest BCUT2D eigenvalue weighted by atomic mass is 19.4. The number of rotatable bonds is 6. The number of hydrogen-bond acceptors (Lipinski definition) is 6. The molecule has 3 aromatic rings. The molecule has 11 heteroatoms. The second kappa shape index (κ2) is 9.18. The summed E-state index contributed by atoms with van der Waals surface area (Å²) in [5.74, 6) is -0.770. The normalized spacial score (nSPS) is 14.4. The van der Waals surface area contributed by atoms with Gasteiger partial charge in [-0.3, -0.25) is 9.20 Å². The number of methoxy groups -OCH3 is 2. The van der Waals surface area contributed by atoms with Crippen molar-refractivity contribution in [2.45, 2.75) is 6.18 Å². The molecule has 0 unspecified atom stereocenters. The van der Waals surface area contributed by atoms with Gasteiger partial charge in [-0.1, -0.05) is 0 Å². The maximum atomic E-state index is 12.5. The Hall–Kier alpha value is -3.47. The van der Waals surface area contributed by atoms with Crippen LogP contribution in [0.25, 0.3) is 16.9 Å². The van der Waals surface area contributed by atoms with Crippen LogP contribution < -0.4 is 19.7 Å². The number of fused-ring (bicyclic) bond motifs is 1. The number of nitrogens with zero attached hydrogens (tertiary/aromatic N) is 3. The molecule has 33 heavy (non-hydrogen) atoms. The minimum absolute atomic E-state index is 0.0870. The fourth-order valence-electron chi connectivity index (χ4n) is 3.75. The fourth-order valence-corrected chi connectivity index (χ4v) is 3.75. The summed E-state index contributed by atoms with van der Waals surface area (Å²) in [6, 6.07) is 7.11. The zero-order valence-corrected chi connectivity index (χ0v) is 18.1. The standard InChI is InChI=1S/C22H23F3N4O4/c1-31-17-9-14(10-18(32-2)20(17)21(30)27-13-22(23,24)25)16-12-26-19-11-15(3-4-29(16)19)28-5-7-33-8-6-28/h3-4,9-12H,5-8,13H2,1-2H3,(H,27,30). The topological polar surface area (TPSA) is 77.3 Å². The van der Waals surface area contributed by atoms with E-state index in [1.807, 2.05) is 28.0 Å². The first-order valence-corrected chi connectivity index (χ1v) is 10.2. The molecule has 1 saturated heterocycles. The second-order valence-corrected chi connectivity index (χ2v) is 7.41. The average Bonchev–Trinajstić information content (AvgIpc) is 3.25. The van der Waals surface area contributed by atoms with Crippen LogP contribution in [0.1, 0.15) is 10.4 Å². The fraction of sp³-hybridized carbons (Fsp3) is 0.364. The van der Waals surface area contributed by atoms with Crippen LogP contribution in [0.3, 0.4) is 0 Å². The number of nitrogens with one attached hydrogen (secondary N) is 1. The molecule has 1 aromatic carbocycles. The Kier molecular flexibility index (Phi) is 6.32. The molecule has 4 rings (SSSR count). The van der Waals surface area contributed by atoms with Crippen molar-refractivity contribution in [1.29, 1.82) is 0 Å². The zero-order chi connectivity index (χ0) is 23.6. The second-order valence-electron chi connectivity index (χ2n) is 7.41. The van der Waals surface area contributed by atoms with Crippen molar-refractivity contribution in [2.75, 3.05) is 52.0 Å². The van der Waals surface area contributed by atoms with E-state index in [-0.39, 0.29) is 17.1 Å². The molecule has 0 spiro atoms. The lowest BCUT2D eigenvalue weighted by Crippen LogP contribution is -2.36. The van der Waals surface area contributed by atoms with E-state index < -0.39 is 18.6 Å². The molecule has 0 atom stereocenters. The van der Waals surface area contributed by atoms with Gasteiger partial charge in [-0.25, -0.2) is 4.98 Å². The first-order valence-electron chi connectivity index (χ1n) is 10.2. The van der Waals surface area contributed by atoms with E-state index in [0.717, 1.165) is 24.4 Å². The quantitative estimate of drug-likeness (QED) is 0.604. The summed E-state index contributed by atoms with van der Waals surface area (Å²) in [5, 5.41) is 1.85. The Bertz CT molecular complexity index is 1130. The van der Waals surface area contributed by atoms with E-state index in [2.05, 4.69) is 9.88 Å². The maximum absolute atomic E-state index is 12.5. The average molecular weight is 464 g/mol. The van der Waals surface area contributed by atoms with Gasteiger partial charge in [-0.05, 0) is 18.2 Å². The highest BCUT2D eigenvalue weighted by Gasteiger charge is 2.30. The summed E-state index contributed by atoms with van der Waals surface area (Å²) >= 11 is 0. The predicted octanol–water partition coefficient (Wildman–Crippen LogP) is 3.15. The molecular formula is C22H23F3N4O4. The Morgan fingerprint density at radius 3 is 2.42 bits per heavy atom. The van der Waals surface area contributed by atoms with Crippen LogP contribution in [-0.4, -0.2) is 68.5 Å². The van der Waals surface area contributed by atoms with Gasteiger partial charge < -0.3 is 24.4 Å². The van der Waals surface area contributed by atoms with E-state index in [1.54, 1.807) is 18.3 Å². The van der Waals surface area contributed by atoms with Gasteiger partial charge in [0.05, 0.1) is 39.3 Å². The van der Waals surface area contributed by atoms with Gasteiger partial charge >= 0.3 is 6.18 Å². The lowest BCUT2D eigenvalue weighted by molar-refractivity contribution is -0.123. The molecule has 0 bridgehead atoms. The third-order valence-electron chi connectivity index (χ3n) is 5.35. The van der Waals surface area contributed by atoms with Crippen LogP contribution in [0.15, 0.2) is 36.7 Å². The SMILES string of the molecule is COc1cc(-c2cnc3cc(N4CCOCC4)ccn23)cc(OC)c1C(=O)NCC(F)(F)F. The largest absolute Gasteiger partial charge is 0.496 e. The number of carbonyl (C=O) groups is 1. The zero-order valence-electron chi connectivity index (χ0n) is 18.1. The van der Waals surface area contributed by atoms with Gasteiger partial charge in [0, 0.05) is 36.6 Å². The first kappa shape index (κ1) is 22.7. The van der Waals surface area contributed by atoms with Gasteiger partial charge in [0.1, 0.15) is 29.3 Å². The van der Waals surface area contributed by atoms with Crippen molar-refractivity contribution in [3.05, 3.63) is 42.2 Å². The van der Waals surface area contributed by atoms with Gasteiger partial charge in [0.15, 0.2) is 0 Å². The minimum atomic E-state index is -4.54. The number of pyridine rings is 1. The number of ether oxygens (including phenoxy) is 3. The molecule has 0 aliphatic carbocycles. The molecule has 1 aliphatic heterocycles. The molecule has 1 N–H and O–H groups in total. The third-order valence-corrected chi connectivity index (χ3v) is 5.35. The molecule has 0 saturated carbocycles. The van der Waals surface area contributed by atoms with Crippen molar-refractivity contribution >= 4 is 17.2 Å². The highest BCUT2D eigenvalue weighted by molar-refractivity contribution is 6.00. The van der Waals surface area contributed by atoms with Gasteiger partial charge in [0.25, 0.3) is 5.91 Å². The van der Waals surface area contributed by atoms with Crippen LogP contribution in [-0.2, 0) is 4.74 Å². The maximum Gasteiger partial charge on any atom is 0.405 e. The predicted molar refractivity (Wildman–Crippen MR) is 115 cm³/mol. The number of amides is 1. The Balaban J connectivity index is 1.69. The van der Waals surface area contributed by atoms with E-state index >= 15 is 0 Å². The minimum Gasteiger partial charge on any atom is -0.496 e. The molecule has 3 heterocycles. The number of halogens is 3. The van der Waals surface area contributed by atoms with Crippen molar-refractivity contribution in [2.24, 2.45) is 0 Å². The highest BCUT2D eigenvalue weighted by Crippen LogP contribution is 2.36. The molecule has 1 aliphatic rings. The summed E-state index contributed by atoms with van der Waals surface area (Å²) in [7, 11) is 2.67. The van der Waals surface area contributed by atoms with E-state index in [4.69, 9.17) is 14.2 Å². The molecule has 1 fully saturated rings. The summed E-state index contributed by atoms with van der Waals surface area (Å²) in [6.07, 6.45) is -0.964. The first-order chi connectivity index (χ1) is 15.8. The van der Waals surface area contributed by atoms with Gasteiger partial charge in [0.2, 0.25) is 0 Å². The van der Waals surface area contributed by atoms with Gasteiger partial charge in [-0.2, -0.15) is 13.2 Å². The number of hydrogen-bond donors (Lipinski definition) is 1. The van der Waals surface area contributed by atoms with E-state index in [9.17, 15) is 18.0 Å². The van der Waals surface area contributed by atoms with Gasteiger partial charge in [-0.15, -0.1) is 0 Å². The van der Waals surface area contributed by atoms with Crippen LogP contribution in [0.4, 0.5) is 18.9 Å². The smallest absolute Gasteiger partial charge is 0.405 e. The monoisotopic (exact) mass is 464 g/mol.